The van der Waals surface area contributed by atoms with Gasteiger partial charge in [0, 0.05) is 33.4 Å². The largest absolute Gasteiger partial charge is 0.381 e. The predicted octanol–water partition coefficient (Wildman–Crippen LogP) is 1.17. The van der Waals surface area contributed by atoms with Crippen LogP contribution in [0.25, 0.3) is 0 Å². The molecule has 1 unspecified atom stereocenters. The van der Waals surface area contributed by atoms with Crippen molar-refractivity contribution in [1.29, 1.82) is 0 Å². The highest BCUT2D eigenvalue weighted by atomic mass is 32.2. The highest BCUT2D eigenvalue weighted by Crippen LogP contribution is 2.23. The third-order valence-corrected chi connectivity index (χ3v) is 5.32. The summed E-state index contributed by atoms with van der Waals surface area (Å²) in [5.41, 5.74) is 0. The summed E-state index contributed by atoms with van der Waals surface area (Å²) in [5.74, 6) is 0.637. The molecule has 0 spiro atoms. The number of rotatable bonds is 5. The van der Waals surface area contributed by atoms with E-state index in [4.69, 9.17) is 4.74 Å². The molecule has 0 amide bonds. The van der Waals surface area contributed by atoms with E-state index in [2.05, 4.69) is 10.3 Å². The van der Waals surface area contributed by atoms with Gasteiger partial charge < -0.3 is 10.1 Å². The lowest BCUT2D eigenvalue weighted by Crippen LogP contribution is -2.35. The first-order valence-corrected chi connectivity index (χ1v) is 8.16. The topological polar surface area (TPSA) is 71.5 Å². The van der Waals surface area contributed by atoms with Gasteiger partial charge in [-0.25, -0.2) is 17.7 Å². The molecule has 0 saturated carbocycles. The first-order chi connectivity index (χ1) is 9.55. The zero-order valence-electron chi connectivity index (χ0n) is 11.9. The van der Waals surface area contributed by atoms with E-state index in [0.717, 1.165) is 19.4 Å². The van der Waals surface area contributed by atoms with Crippen molar-refractivity contribution in [3.8, 4) is 0 Å². The summed E-state index contributed by atoms with van der Waals surface area (Å²) in [6.07, 6.45) is 3.57. The SMILES string of the molecule is CNc1ncccc1S(=O)(=O)N(C)CC1CCCOC1. The molecule has 1 fully saturated rings. The molecule has 1 aromatic rings. The molecule has 1 aliphatic rings. The lowest BCUT2D eigenvalue weighted by atomic mass is 10.0. The van der Waals surface area contributed by atoms with Gasteiger partial charge in [0.2, 0.25) is 10.0 Å². The van der Waals surface area contributed by atoms with Gasteiger partial charge in [0.05, 0.1) is 6.61 Å². The highest BCUT2D eigenvalue weighted by molar-refractivity contribution is 7.89. The molecule has 6 nitrogen and oxygen atoms in total. The molecule has 0 bridgehead atoms. The molecule has 1 saturated heterocycles. The van der Waals surface area contributed by atoms with E-state index in [1.54, 1.807) is 32.4 Å². The summed E-state index contributed by atoms with van der Waals surface area (Å²) in [6, 6.07) is 3.20. The molecule has 0 aromatic carbocycles. The third-order valence-electron chi connectivity index (χ3n) is 3.47. The average Bonchev–Trinajstić information content (AvgIpc) is 2.48. The number of hydrogen-bond acceptors (Lipinski definition) is 5. The van der Waals surface area contributed by atoms with Gasteiger partial charge in [-0.2, -0.15) is 0 Å². The van der Waals surface area contributed by atoms with E-state index >= 15 is 0 Å². The molecule has 20 heavy (non-hydrogen) atoms. The van der Waals surface area contributed by atoms with Crippen molar-refractivity contribution < 1.29 is 13.2 Å². The monoisotopic (exact) mass is 299 g/mol. The van der Waals surface area contributed by atoms with Gasteiger partial charge in [-0.15, -0.1) is 0 Å². The molecule has 0 radical (unpaired) electrons. The Balaban J connectivity index is 2.16. The Morgan fingerprint density at radius 2 is 2.35 bits per heavy atom. The molecular weight excluding hydrogens is 278 g/mol. The van der Waals surface area contributed by atoms with Crippen LogP contribution >= 0.6 is 0 Å². The maximum atomic E-state index is 12.6. The minimum atomic E-state index is -3.53. The summed E-state index contributed by atoms with van der Waals surface area (Å²) in [5, 5.41) is 2.82. The summed E-state index contributed by atoms with van der Waals surface area (Å²) < 4.78 is 32.0. The van der Waals surface area contributed by atoms with Crippen molar-refractivity contribution in [2.75, 3.05) is 39.2 Å². The second-order valence-corrected chi connectivity index (χ2v) is 6.98. The van der Waals surface area contributed by atoms with Crippen LogP contribution in [0.4, 0.5) is 5.82 Å². The minimum Gasteiger partial charge on any atom is -0.381 e. The first kappa shape index (κ1) is 15.2. The van der Waals surface area contributed by atoms with Gasteiger partial charge in [0.1, 0.15) is 10.7 Å². The molecule has 1 N–H and O–H groups in total. The number of anilines is 1. The molecule has 0 aliphatic carbocycles. The van der Waals surface area contributed by atoms with E-state index in [1.165, 1.54) is 4.31 Å². The van der Waals surface area contributed by atoms with Crippen LogP contribution in [-0.2, 0) is 14.8 Å². The second-order valence-electron chi connectivity index (χ2n) is 4.97. The van der Waals surface area contributed by atoms with Crippen molar-refractivity contribution in [2.45, 2.75) is 17.7 Å². The summed E-state index contributed by atoms with van der Waals surface area (Å²) in [6.45, 7) is 1.88. The van der Waals surface area contributed by atoms with Crippen LogP contribution in [0.3, 0.4) is 0 Å². The van der Waals surface area contributed by atoms with Crippen molar-refractivity contribution in [3.63, 3.8) is 0 Å². The van der Waals surface area contributed by atoms with E-state index < -0.39 is 10.0 Å². The van der Waals surface area contributed by atoms with Crippen LogP contribution in [0.15, 0.2) is 23.2 Å². The van der Waals surface area contributed by atoms with E-state index in [0.29, 0.717) is 19.0 Å². The first-order valence-electron chi connectivity index (χ1n) is 6.72. The molecule has 1 aromatic heterocycles. The number of sulfonamides is 1. The second kappa shape index (κ2) is 6.51. The smallest absolute Gasteiger partial charge is 0.246 e. The fourth-order valence-electron chi connectivity index (χ4n) is 2.37. The Kier molecular flexibility index (Phi) is 4.95. The molecule has 2 heterocycles. The average molecular weight is 299 g/mol. The molecule has 1 atom stereocenters. The number of nitrogens with one attached hydrogen (secondary N) is 1. The summed E-state index contributed by atoms with van der Waals surface area (Å²) in [7, 11) is -0.258. The van der Waals surface area contributed by atoms with Crippen LogP contribution in [0.5, 0.6) is 0 Å². The van der Waals surface area contributed by atoms with Crippen molar-refractivity contribution >= 4 is 15.8 Å². The van der Waals surface area contributed by atoms with Gasteiger partial charge in [0.25, 0.3) is 0 Å². The van der Waals surface area contributed by atoms with Crippen LogP contribution in [0.1, 0.15) is 12.8 Å². The van der Waals surface area contributed by atoms with Crippen LogP contribution in [0, 0.1) is 5.92 Å². The van der Waals surface area contributed by atoms with Gasteiger partial charge in [0.15, 0.2) is 0 Å². The number of pyridine rings is 1. The van der Waals surface area contributed by atoms with Crippen molar-refractivity contribution in [3.05, 3.63) is 18.3 Å². The van der Waals surface area contributed by atoms with Crippen LogP contribution in [0.2, 0.25) is 0 Å². The summed E-state index contributed by atoms with van der Waals surface area (Å²) in [4.78, 5) is 4.26. The van der Waals surface area contributed by atoms with E-state index in [9.17, 15) is 8.42 Å². The Morgan fingerprint density at radius 1 is 1.55 bits per heavy atom. The molecular formula is C13H21N3O3S. The molecule has 7 heteroatoms. The van der Waals surface area contributed by atoms with Crippen molar-refractivity contribution in [1.82, 2.24) is 9.29 Å². The van der Waals surface area contributed by atoms with E-state index in [-0.39, 0.29) is 10.8 Å². The maximum absolute atomic E-state index is 12.6. The molecule has 2 rings (SSSR count). The third kappa shape index (κ3) is 3.28. The zero-order chi connectivity index (χ0) is 14.6. The lowest BCUT2D eigenvalue weighted by Gasteiger charge is -2.27. The Hall–Kier alpha value is -1.18. The lowest BCUT2D eigenvalue weighted by molar-refractivity contribution is 0.0495. The Bertz CT molecular complexity index is 542. The predicted molar refractivity (Wildman–Crippen MR) is 77.1 cm³/mol. The number of hydrogen-bond donors (Lipinski definition) is 1. The number of aromatic nitrogens is 1. The van der Waals surface area contributed by atoms with Gasteiger partial charge in [-0.05, 0) is 30.9 Å². The highest BCUT2D eigenvalue weighted by Gasteiger charge is 2.27. The molecule has 1 aliphatic heterocycles. The fourth-order valence-corrected chi connectivity index (χ4v) is 3.76. The zero-order valence-corrected chi connectivity index (χ0v) is 12.7. The van der Waals surface area contributed by atoms with E-state index in [1.807, 2.05) is 0 Å². The maximum Gasteiger partial charge on any atom is 0.246 e. The van der Waals surface area contributed by atoms with Crippen molar-refractivity contribution in [2.24, 2.45) is 5.92 Å². The Labute approximate surface area is 120 Å². The molecule has 112 valence electrons. The van der Waals surface area contributed by atoms with Gasteiger partial charge in [-0.1, -0.05) is 0 Å². The number of nitrogens with zero attached hydrogens (tertiary/aromatic N) is 2. The normalized spacial score (nSPS) is 20.1. The van der Waals surface area contributed by atoms with Gasteiger partial charge >= 0.3 is 0 Å². The van der Waals surface area contributed by atoms with Crippen LogP contribution in [-0.4, -0.2) is 51.6 Å². The fraction of sp³-hybridized carbons (Fsp3) is 0.615. The standard InChI is InChI=1S/C13H21N3O3S/c1-14-13-12(6-3-7-15-13)20(17,18)16(2)9-11-5-4-8-19-10-11/h3,6-7,11H,4-5,8-10H2,1-2H3,(H,14,15). The Morgan fingerprint density at radius 3 is 3.00 bits per heavy atom. The summed E-state index contributed by atoms with van der Waals surface area (Å²) >= 11 is 0. The van der Waals surface area contributed by atoms with Crippen LogP contribution < -0.4 is 5.32 Å². The number of ether oxygens (including phenoxy) is 1. The quantitative estimate of drug-likeness (QED) is 0.883. The van der Waals surface area contributed by atoms with Gasteiger partial charge in [-0.3, -0.25) is 0 Å². The minimum absolute atomic E-state index is 0.210.